The van der Waals surface area contributed by atoms with Gasteiger partial charge in [0, 0.05) is 40.5 Å². The molecule has 1 fully saturated rings. The number of ether oxygens (including phenoxy) is 3. The maximum atomic E-state index is 13.0. The number of carbonyl (C=O) groups is 3. The number of nitrogens with one attached hydrogen (secondary N) is 2. The lowest BCUT2D eigenvalue weighted by Gasteiger charge is -2.22. The van der Waals surface area contributed by atoms with Crippen LogP contribution in [0.3, 0.4) is 0 Å². The SMILES string of the molecule is C=CCOc1c(/C=C/C(=O)C2CC2)c(Cc2cnc(NC(=O)C(C)(C)C)nc2NC(=O)C(C)(C)C)cc(OC)c1OC. The summed E-state index contributed by atoms with van der Waals surface area (Å²) in [7, 11) is 3.04. The highest BCUT2D eigenvalue weighted by Crippen LogP contribution is 2.44. The van der Waals surface area contributed by atoms with Crippen molar-refractivity contribution < 1.29 is 28.6 Å². The maximum Gasteiger partial charge on any atom is 0.232 e. The van der Waals surface area contributed by atoms with Gasteiger partial charge in [-0.2, -0.15) is 4.98 Å². The van der Waals surface area contributed by atoms with Gasteiger partial charge in [0.2, 0.25) is 23.5 Å². The van der Waals surface area contributed by atoms with Crippen LogP contribution in [0.4, 0.5) is 11.8 Å². The molecule has 10 heteroatoms. The van der Waals surface area contributed by atoms with Crippen LogP contribution in [0, 0.1) is 16.7 Å². The van der Waals surface area contributed by atoms with E-state index in [0.717, 1.165) is 12.8 Å². The fourth-order valence-corrected chi connectivity index (χ4v) is 3.80. The van der Waals surface area contributed by atoms with Gasteiger partial charge in [-0.3, -0.25) is 19.7 Å². The normalized spacial score (nSPS) is 13.4. The fourth-order valence-electron chi connectivity index (χ4n) is 3.80. The number of aromatic nitrogens is 2. The Balaban J connectivity index is 2.16. The zero-order valence-corrected chi connectivity index (χ0v) is 25.8. The van der Waals surface area contributed by atoms with Crippen molar-refractivity contribution in [3.05, 3.63) is 47.7 Å². The number of hydrogen-bond acceptors (Lipinski definition) is 8. The molecule has 226 valence electrons. The van der Waals surface area contributed by atoms with Gasteiger partial charge in [0.05, 0.1) is 14.2 Å². The van der Waals surface area contributed by atoms with Crippen LogP contribution in [0.1, 0.15) is 71.1 Å². The predicted octanol–water partition coefficient (Wildman–Crippen LogP) is 5.61. The van der Waals surface area contributed by atoms with Crippen molar-refractivity contribution in [1.82, 2.24) is 9.97 Å². The van der Waals surface area contributed by atoms with E-state index < -0.39 is 10.8 Å². The third-order valence-electron chi connectivity index (χ3n) is 6.55. The second-order valence-electron chi connectivity index (χ2n) is 12.3. The van der Waals surface area contributed by atoms with Crippen molar-refractivity contribution in [3.8, 4) is 17.2 Å². The third kappa shape index (κ3) is 8.18. The van der Waals surface area contributed by atoms with Gasteiger partial charge in [-0.1, -0.05) is 54.2 Å². The number of anilines is 2. The van der Waals surface area contributed by atoms with Crippen LogP contribution in [-0.2, 0) is 20.8 Å². The molecule has 2 amide bonds. The van der Waals surface area contributed by atoms with E-state index >= 15 is 0 Å². The van der Waals surface area contributed by atoms with E-state index in [0.29, 0.717) is 33.9 Å². The van der Waals surface area contributed by atoms with E-state index in [1.807, 2.05) is 0 Å². The molecule has 2 aromatic rings. The maximum absolute atomic E-state index is 13.0. The minimum atomic E-state index is -0.705. The summed E-state index contributed by atoms with van der Waals surface area (Å²) in [4.78, 5) is 47.2. The summed E-state index contributed by atoms with van der Waals surface area (Å²) < 4.78 is 17.3. The average Bonchev–Trinajstić information content (AvgIpc) is 3.76. The summed E-state index contributed by atoms with van der Waals surface area (Å²) in [5, 5.41) is 5.63. The van der Waals surface area contributed by atoms with Crippen molar-refractivity contribution in [2.24, 2.45) is 16.7 Å². The Bertz CT molecular complexity index is 1380. The molecule has 0 spiro atoms. The van der Waals surface area contributed by atoms with Crippen molar-refractivity contribution in [2.75, 3.05) is 31.5 Å². The molecule has 1 aromatic carbocycles. The second-order valence-corrected chi connectivity index (χ2v) is 12.3. The largest absolute Gasteiger partial charge is 0.493 e. The van der Waals surface area contributed by atoms with Gasteiger partial charge >= 0.3 is 0 Å². The monoisotopic (exact) mass is 578 g/mol. The first kappa shape index (κ1) is 32.3. The number of rotatable bonds is 12. The van der Waals surface area contributed by atoms with Gasteiger partial charge in [0.1, 0.15) is 12.4 Å². The van der Waals surface area contributed by atoms with Gasteiger partial charge in [0.25, 0.3) is 0 Å². The molecule has 1 aliphatic carbocycles. The number of allylic oxidation sites excluding steroid dienone is 1. The van der Waals surface area contributed by atoms with E-state index in [1.54, 1.807) is 72.0 Å². The van der Waals surface area contributed by atoms with Crippen LogP contribution in [0.2, 0.25) is 0 Å². The zero-order chi connectivity index (χ0) is 31.2. The smallest absolute Gasteiger partial charge is 0.232 e. The van der Waals surface area contributed by atoms with Crippen molar-refractivity contribution in [3.63, 3.8) is 0 Å². The molecular weight excluding hydrogens is 536 g/mol. The summed E-state index contributed by atoms with van der Waals surface area (Å²) >= 11 is 0. The highest BCUT2D eigenvalue weighted by molar-refractivity contribution is 5.98. The summed E-state index contributed by atoms with van der Waals surface area (Å²) in [6.45, 7) is 14.7. The van der Waals surface area contributed by atoms with E-state index in [-0.39, 0.29) is 48.3 Å². The molecule has 0 saturated heterocycles. The first-order chi connectivity index (χ1) is 19.7. The van der Waals surface area contributed by atoms with Crippen LogP contribution in [-0.4, -0.2) is 48.4 Å². The lowest BCUT2D eigenvalue weighted by Crippen LogP contribution is -2.30. The molecule has 10 nitrogen and oxygen atoms in total. The Morgan fingerprint density at radius 2 is 1.62 bits per heavy atom. The summed E-state index contributed by atoms with van der Waals surface area (Å²) in [6, 6.07) is 1.80. The van der Waals surface area contributed by atoms with E-state index in [4.69, 9.17) is 14.2 Å². The molecule has 3 rings (SSSR count). The van der Waals surface area contributed by atoms with Crippen LogP contribution in [0.25, 0.3) is 6.08 Å². The van der Waals surface area contributed by atoms with Gasteiger partial charge in [0.15, 0.2) is 17.3 Å². The molecule has 2 N–H and O–H groups in total. The Morgan fingerprint density at radius 3 is 2.17 bits per heavy atom. The molecule has 0 aliphatic heterocycles. The van der Waals surface area contributed by atoms with Crippen LogP contribution >= 0.6 is 0 Å². The molecule has 0 bridgehead atoms. The van der Waals surface area contributed by atoms with Crippen LogP contribution in [0.5, 0.6) is 17.2 Å². The van der Waals surface area contributed by atoms with E-state index in [2.05, 4.69) is 27.2 Å². The molecule has 0 atom stereocenters. The highest BCUT2D eigenvalue weighted by Gasteiger charge is 2.29. The molecule has 0 radical (unpaired) electrons. The van der Waals surface area contributed by atoms with E-state index in [1.165, 1.54) is 14.2 Å². The van der Waals surface area contributed by atoms with Crippen LogP contribution in [0.15, 0.2) is 31.0 Å². The highest BCUT2D eigenvalue weighted by atomic mass is 16.5. The Hall–Kier alpha value is -4.21. The van der Waals surface area contributed by atoms with E-state index in [9.17, 15) is 14.4 Å². The number of hydrogen-bond donors (Lipinski definition) is 2. The molecular formula is C32H42N4O6. The minimum Gasteiger partial charge on any atom is -0.493 e. The summed E-state index contributed by atoms with van der Waals surface area (Å²) in [6.07, 6.45) is 8.46. The standard InChI is InChI=1S/C32H42N4O6/c1-10-15-42-25-22(13-14-23(37)19-11-12-19)20(17-24(40-8)26(25)41-9)16-21-18-33-30(36-29(39)32(5,6)7)35-27(21)34-28(38)31(2,3)4/h10,13-14,17-19H,1,11-12,15-16H2,2-9H3,(H2,33,34,35,36,38,39)/b14-13+. The zero-order valence-electron chi connectivity index (χ0n) is 25.8. The van der Waals surface area contributed by atoms with Gasteiger partial charge in [-0.15, -0.1) is 0 Å². The predicted molar refractivity (Wildman–Crippen MR) is 163 cm³/mol. The fraction of sp³-hybridized carbons (Fsp3) is 0.469. The summed E-state index contributed by atoms with van der Waals surface area (Å²) in [5.74, 6) is 1.08. The minimum absolute atomic E-state index is 0.0470. The first-order valence-corrected chi connectivity index (χ1v) is 13.9. The molecule has 42 heavy (non-hydrogen) atoms. The van der Waals surface area contributed by atoms with Gasteiger partial charge in [-0.25, -0.2) is 4.98 Å². The number of carbonyl (C=O) groups excluding carboxylic acids is 3. The number of ketones is 1. The number of amides is 2. The number of nitrogens with zero attached hydrogens (tertiary/aromatic N) is 2. The first-order valence-electron chi connectivity index (χ1n) is 13.9. The third-order valence-corrected chi connectivity index (χ3v) is 6.55. The lowest BCUT2D eigenvalue weighted by molar-refractivity contribution is -0.123. The number of methoxy groups -OCH3 is 2. The molecule has 1 saturated carbocycles. The molecule has 0 unspecified atom stereocenters. The Morgan fingerprint density at radius 1 is 0.976 bits per heavy atom. The Kier molecular flexibility index (Phi) is 10.1. The summed E-state index contributed by atoms with van der Waals surface area (Å²) in [5.41, 5.74) is 0.529. The van der Waals surface area contributed by atoms with Gasteiger partial charge < -0.3 is 19.5 Å². The van der Waals surface area contributed by atoms with Crippen molar-refractivity contribution in [1.29, 1.82) is 0 Å². The average molecular weight is 579 g/mol. The van der Waals surface area contributed by atoms with Crippen LogP contribution < -0.4 is 24.8 Å². The van der Waals surface area contributed by atoms with Crippen molar-refractivity contribution >= 4 is 35.4 Å². The topological polar surface area (TPSA) is 129 Å². The molecule has 1 aliphatic rings. The van der Waals surface area contributed by atoms with Crippen molar-refractivity contribution in [2.45, 2.75) is 60.8 Å². The van der Waals surface area contributed by atoms with Gasteiger partial charge in [-0.05, 0) is 36.6 Å². The lowest BCUT2D eigenvalue weighted by atomic mass is 9.95. The molecule has 1 aromatic heterocycles. The quantitative estimate of drug-likeness (QED) is 0.246. The Labute approximate surface area is 247 Å². The molecule has 1 heterocycles. The second kappa shape index (κ2) is 13.2. The number of benzene rings is 1.